The van der Waals surface area contributed by atoms with Crippen LogP contribution in [0, 0.1) is 0 Å². The van der Waals surface area contributed by atoms with Crippen LogP contribution in [0.1, 0.15) is 41.4 Å². The average Bonchev–Trinajstić information content (AvgIpc) is 2.76. The Morgan fingerprint density at radius 1 is 0.533 bits per heavy atom. The molecule has 2 aromatic rings. The van der Waals surface area contributed by atoms with Crippen molar-refractivity contribution in [2.24, 2.45) is 0 Å². The van der Waals surface area contributed by atoms with Gasteiger partial charge < -0.3 is 18.9 Å². The van der Waals surface area contributed by atoms with E-state index in [1.165, 1.54) is 52.7 Å². The van der Waals surface area contributed by atoms with Gasteiger partial charge in [-0.2, -0.15) is 0 Å². The van der Waals surface area contributed by atoms with E-state index in [0.717, 1.165) is 0 Å². The summed E-state index contributed by atoms with van der Waals surface area (Å²) in [6, 6.07) is 5.65. The maximum absolute atomic E-state index is 12.2. The summed E-state index contributed by atoms with van der Waals surface area (Å²) in [6.45, 7) is 0. The highest BCUT2D eigenvalue weighted by Crippen LogP contribution is 2.38. The maximum Gasteiger partial charge on any atom is 0.338 e. The number of esters is 4. The van der Waals surface area contributed by atoms with Crippen LogP contribution in [0.3, 0.4) is 0 Å². The van der Waals surface area contributed by atoms with Gasteiger partial charge in [0.1, 0.15) is 0 Å². The van der Waals surface area contributed by atoms with E-state index in [4.69, 9.17) is 18.9 Å². The molecule has 0 bridgehead atoms. The number of hydrogen-bond donors (Lipinski definition) is 0. The molecule has 0 aliphatic carbocycles. The highest BCUT2D eigenvalue weighted by atomic mass is 79.9. The van der Waals surface area contributed by atoms with Crippen molar-refractivity contribution in [3.8, 4) is 11.1 Å². The van der Waals surface area contributed by atoms with Crippen LogP contribution in [0.2, 0.25) is 0 Å². The summed E-state index contributed by atoms with van der Waals surface area (Å²) < 4.78 is 19.8. The lowest BCUT2D eigenvalue weighted by molar-refractivity contribution is 0.0555. The van der Waals surface area contributed by atoms with Crippen LogP contribution >= 0.6 is 31.9 Å². The zero-order chi connectivity index (χ0) is 22.6. The fourth-order valence-electron chi connectivity index (χ4n) is 2.67. The van der Waals surface area contributed by atoms with Gasteiger partial charge in [0, 0.05) is 8.95 Å². The number of carbonyl (C=O) groups is 4. The van der Waals surface area contributed by atoms with E-state index >= 15 is 0 Å². The summed E-state index contributed by atoms with van der Waals surface area (Å²) >= 11 is 6.74. The molecular formula is C20H16Br2O8. The summed E-state index contributed by atoms with van der Waals surface area (Å²) in [5, 5.41) is 0. The molecule has 0 amide bonds. The smallest absolute Gasteiger partial charge is 0.338 e. The van der Waals surface area contributed by atoms with Crippen LogP contribution in [0.5, 0.6) is 0 Å². The van der Waals surface area contributed by atoms with E-state index in [2.05, 4.69) is 31.9 Å². The number of rotatable bonds is 5. The first-order valence-electron chi connectivity index (χ1n) is 8.20. The van der Waals surface area contributed by atoms with Crippen LogP contribution in [0.25, 0.3) is 11.1 Å². The summed E-state index contributed by atoms with van der Waals surface area (Å²) in [5.41, 5.74) is 0.802. The normalized spacial score (nSPS) is 10.2. The second-order valence-electron chi connectivity index (χ2n) is 5.72. The zero-order valence-electron chi connectivity index (χ0n) is 16.3. The Bertz CT molecular complexity index is 962. The molecule has 0 aromatic heterocycles. The molecule has 0 saturated carbocycles. The summed E-state index contributed by atoms with van der Waals surface area (Å²) in [7, 11) is 4.75. The third-order valence-electron chi connectivity index (χ3n) is 4.13. The minimum absolute atomic E-state index is 0.00419. The molecule has 2 aromatic carbocycles. The van der Waals surface area contributed by atoms with Crippen LogP contribution in [0.4, 0.5) is 0 Å². The summed E-state index contributed by atoms with van der Waals surface area (Å²) in [6.07, 6.45) is 0. The van der Waals surface area contributed by atoms with Gasteiger partial charge in [-0.15, -0.1) is 0 Å². The lowest BCUT2D eigenvalue weighted by Gasteiger charge is -2.15. The molecular weight excluding hydrogens is 528 g/mol. The third kappa shape index (κ3) is 4.54. The van der Waals surface area contributed by atoms with Gasteiger partial charge in [-0.25, -0.2) is 19.2 Å². The summed E-state index contributed by atoms with van der Waals surface area (Å²) in [4.78, 5) is 48.7. The quantitative estimate of drug-likeness (QED) is 0.411. The molecule has 10 heteroatoms. The molecule has 0 unspecified atom stereocenters. The number of methoxy groups -OCH3 is 4. The first-order chi connectivity index (χ1) is 14.2. The monoisotopic (exact) mass is 542 g/mol. The molecule has 0 atom stereocenters. The van der Waals surface area contributed by atoms with Gasteiger partial charge in [0.05, 0.1) is 50.7 Å². The van der Waals surface area contributed by atoms with Gasteiger partial charge in [0.15, 0.2) is 0 Å². The predicted molar refractivity (Wildman–Crippen MR) is 113 cm³/mol. The highest BCUT2D eigenvalue weighted by molar-refractivity contribution is 9.11. The molecule has 0 spiro atoms. The highest BCUT2D eigenvalue weighted by Gasteiger charge is 2.25. The van der Waals surface area contributed by atoms with E-state index in [0.29, 0.717) is 20.1 Å². The molecule has 30 heavy (non-hydrogen) atoms. The fraction of sp³-hybridized carbons (Fsp3) is 0.200. The number of halogens is 2. The molecule has 0 fully saturated rings. The van der Waals surface area contributed by atoms with Crippen LogP contribution < -0.4 is 0 Å². The molecule has 0 aliphatic rings. The van der Waals surface area contributed by atoms with Crippen molar-refractivity contribution in [2.75, 3.05) is 28.4 Å². The molecule has 0 saturated heterocycles. The summed E-state index contributed by atoms with van der Waals surface area (Å²) in [5.74, 6) is -2.95. The second kappa shape index (κ2) is 9.86. The number of carbonyl (C=O) groups excluding carboxylic acids is 4. The molecule has 0 heterocycles. The minimum Gasteiger partial charge on any atom is -0.465 e. The Kier molecular flexibility index (Phi) is 7.74. The Balaban J connectivity index is 2.83. The molecule has 0 aliphatic heterocycles. The Hall–Kier alpha value is -2.72. The maximum atomic E-state index is 12.2. The van der Waals surface area contributed by atoms with Gasteiger partial charge in [0.25, 0.3) is 0 Å². The topological polar surface area (TPSA) is 105 Å². The molecule has 2 rings (SSSR count). The van der Waals surface area contributed by atoms with Crippen molar-refractivity contribution in [3.05, 3.63) is 55.5 Å². The van der Waals surface area contributed by atoms with Crippen LogP contribution in [-0.2, 0) is 18.9 Å². The van der Waals surface area contributed by atoms with Crippen LogP contribution in [0.15, 0.2) is 33.2 Å². The van der Waals surface area contributed by atoms with Gasteiger partial charge in [-0.3, -0.25) is 0 Å². The average molecular weight is 544 g/mol. The Morgan fingerprint density at radius 2 is 0.767 bits per heavy atom. The van der Waals surface area contributed by atoms with E-state index in [1.807, 2.05) is 0 Å². The van der Waals surface area contributed by atoms with Gasteiger partial charge >= 0.3 is 23.9 Å². The largest absolute Gasteiger partial charge is 0.465 e. The Morgan fingerprint density at radius 3 is 1.00 bits per heavy atom. The molecule has 0 N–H and O–H groups in total. The lowest BCUT2D eigenvalue weighted by Crippen LogP contribution is -2.13. The van der Waals surface area contributed by atoms with E-state index in [-0.39, 0.29) is 22.3 Å². The first kappa shape index (κ1) is 23.6. The van der Waals surface area contributed by atoms with Gasteiger partial charge in [-0.05, 0) is 35.4 Å². The van der Waals surface area contributed by atoms with Crippen molar-refractivity contribution in [2.45, 2.75) is 0 Å². The van der Waals surface area contributed by atoms with E-state index in [9.17, 15) is 19.2 Å². The molecule has 0 radical (unpaired) electrons. The van der Waals surface area contributed by atoms with Gasteiger partial charge in [-0.1, -0.05) is 31.9 Å². The van der Waals surface area contributed by atoms with E-state index < -0.39 is 23.9 Å². The number of hydrogen-bond acceptors (Lipinski definition) is 8. The van der Waals surface area contributed by atoms with Crippen molar-refractivity contribution in [1.29, 1.82) is 0 Å². The fourth-order valence-corrected chi connectivity index (χ4v) is 3.79. The van der Waals surface area contributed by atoms with Crippen molar-refractivity contribution in [3.63, 3.8) is 0 Å². The van der Waals surface area contributed by atoms with Crippen LogP contribution in [-0.4, -0.2) is 52.3 Å². The second-order valence-corrected chi connectivity index (χ2v) is 7.43. The molecule has 8 nitrogen and oxygen atoms in total. The third-order valence-corrected chi connectivity index (χ3v) is 5.44. The van der Waals surface area contributed by atoms with E-state index in [1.54, 1.807) is 0 Å². The number of ether oxygens (including phenoxy) is 4. The standard InChI is InChI=1S/C20H16Br2O8/c1-27-17(23)11-5-9(15(21)7-13(11)19(25)29-3)10-6-12(18(24)28-2)14(8-16(10)22)20(26)30-4/h5-8H,1-4H3. The minimum atomic E-state index is -0.750. The Labute approximate surface area is 188 Å². The van der Waals surface area contributed by atoms with Crippen molar-refractivity contribution < 1.29 is 38.1 Å². The van der Waals surface area contributed by atoms with Crippen molar-refractivity contribution in [1.82, 2.24) is 0 Å². The van der Waals surface area contributed by atoms with Crippen molar-refractivity contribution >= 4 is 55.7 Å². The molecule has 158 valence electrons. The lowest BCUT2D eigenvalue weighted by atomic mass is 9.95. The number of benzene rings is 2. The van der Waals surface area contributed by atoms with Gasteiger partial charge in [0.2, 0.25) is 0 Å². The predicted octanol–water partition coefficient (Wildman–Crippen LogP) is 4.03. The SMILES string of the molecule is COC(=O)c1cc(Br)c(-c2cc(C(=O)OC)c(C(=O)OC)cc2Br)cc1C(=O)OC. The first-order valence-corrected chi connectivity index (χ1v) is 9.79. The zero-order valence-corrected chi connectivity index (χ0v) is 19.5.